The zero-order valence-corrected chi connectivity index (χ0v) is 5.40. The highest BCUT2D eigenvalue weighted by atomic mass is 32.2. The van der Waals surface area contributed by atoms with Gasteiger partial charge in [-0.1, -0.05) is 18.5 Å². The second-order valence-electron chi connectivity index (χ2n) is 0.936. The number of hydrogen-bond acceptors (Lipinski definition) is 2. The first kappa shape index (κ1) is 7.01. The van der Waals surface area contributed by atoms with E-state index < -0.39 is 0 Å². The third-order valence-electron chi connectivity index (χ3n) is 0.509. The van der Waals surface area contributed by atoms with E-state index in [1.54, 1.807) is 16.9 Å². The molecule has 0 aliphatic heterocycles. The summed E-state index contributed by atoms with van der Waals surface area (Å²) >= 11 is 1.46. The smallest absolute Gasteiger partial charge is 0.0221 e. The summed E-state index contributed by atoms with van der Waals surface area (Å²) in [5.41, 5.74) is 3.80. The van der Waals surface area contributed by atoms with Crippen molar-refractivity contribution in [3.63, 3.8) is 0 Å². The molecule has 0 heterocycles. The zero-order chi connectivity index (χ0) is 5.70. The van der Waals surface area contributed by atoms with Crippen molar-refractivity contribution < 1.29 is 0 Å². The van der Waals surface area contributed by atoms with Crippen LogP contribution in [0.2, 0.25) is 0 Å². The van der Waals surface area contributed by atoms with Gasteiger partial charge in [-0.25, -0.2) is 0 Å². The van der Waals surface area contributed by atoms with Crippen LogP contribution >= 0.6 is 11.9 Å². The average Bonchev–Trinajstić information content (AvgIpc) is 1.68. The molecule has 0 aliphatic carbocycles. The predicted molar refractivity (Wildman–Crippen MR) is 34.8 cm³/mol. The quantitative estimate of drug-likeness (QED) is 0.413. The Morgan fingerprint density at radius 2 is 2.43 bits per heavy atom. The first-order valence-corrected chi connectivity index (χ1v) is 2.76. The van der Waals surface area contributed by atoms with E-state index in [4.69, 9.17) is 0 Å². The average molecular weight is 117 g/mol. The molecular weight excluding hydrogens is 108 g/mol. The first-order valence-electron chi connectivity index (χ1n) is 1.92. The fourth-order valence-electron chi connectivity index (χ4n) is 0.155. The Balaban J connectivity index is 2.98. The van der Waals surface area contributed by atoms with Gasteiger partial charge < -0.3 is 9.84 Å². The van der Waals surface area contributed by atoms with Gasteiger partial charge in [0.05, 0.1) is 0 Å². The van der Waals surface area contributed by atoms with Crippen molar-refractivity contribution in [1.29, 1.82) is 0 Å². The summed E-state index contributed by atoms with van der Waals surface area (Å²) in [6.07, 6.45) is 0. The lowest BCUT2D eigenvalue weighted by Crippen LogP contribution is -1.96. The van der Waals surface area contributed by atoms with Gasteiger partial charge in [0.25, 0.3) is 0 Å². The molecule has 7 heavy (non-hydrogen) atoms. The molecule has 0 saturated heterocycles. The highest BCUT2D eigenvalue weighted by Crippen LogP contribution is 2.08. The molecular formula is C4H9N2S-. The van der Waals surface area contributed by atoms with Crippen molar-refractivity contribution in [3.8, 4) is 0 Å². The molecule has 42 valence electrons. The van der Waals surface area contributed by atoms with Crippen LogP contribution in [-0.4, -0.2) is 18.5 Å². The van der Waals surface area contributed by atoms with E-state index in [1.807, 2.05) is 7.05 Å². The number of hydrogen-bond donors (Lipinski definition) is 0. The maximum Gasteiger partial charge on any atom is -0.0221 e. The van der Waals surface area contributed by atoms with Crippen LogP contribution in [0, 0.1) is 0 Å². The second kappa shape index (κ2) is 4.18. The Labute approximate surface area is 48.7 Å². The summed E-state index contributed by atoms with van der Waals surface area (Å²) in [6, 6.07) is 0. The van der Waals surface area contributed by atoms with Crippen LogP contribution in [0.5, 0.6) is 0 Å². The highest BCUT2D eigenvalue weighted by molar-refractivity contribution is 7.99. The summed E-state index contributed by atoms with van der Waals surface area (Å²) in [5, 5.41) is 1.73. The SMILES string of the molecule is C=CSN(C)[N-]C. The topological polar surface area (TPSA) is 17.3 Å². The van der Waals surface area contributed by atoms with E-state index in [0.717, 1.165) is 0 Å². The monoisotopic (exact) mass is 117 g/mol. The van der Waals surface area contributed by atoms with Crippen molar-refractivity contribution >= 4 is 11.9 Å². The molecule has 3 heteroatoms. The van der Waals surface area contributed by atoms with Gasteiger partial charge >= 0.3 is 0 Å². The molecule has 2 nitrogen and oxygen atoms in total. The van der Waals surface area contributed by atoms with Crippen molar-refractivity contribution in [2.75, 3.05) is 14.1 Å². The molecule has 0 bridgehead atoms. The Bertz CT molecular complexity index is 55.7. The van der Waals surface area contributed by atoms with Gasteiger partial charge in [0.2, 0.25) is 0 Å². The van der Waals surface area contributed by atoms with Crippen molar-refractivity contribution in [2.24, 2.45) is 0 Å². The molecule has 0 aromatic rings. The van der Waals surface area contributed by atoms with E-state index in [0.29, 0.717) is 0 Å². The van der Waals surface area contributed by atoms with Crippen LogP contribution in [0.15, 0.2) is 12.0 Å². The number of rotatable bonds is 3. The first-order chi connectivity index (χ1) is 3.31. The van der Waals surface area contributed by atoms with E-state index in [1.165, 1.54) is 11.9 Å². The van der Waals surface area contributed by atoms with Gasteiger partial charge in [-0.3, -0.25) is 0 Å². The van der Waals surface area contributed by atoms with E-state index in [-0.39, 0.29) is 0 Å². The zero-order valence-electron chi connectivity index (χ0n) is 4.59. The molecule has 0 aromatic heterocycles. The maximum absolute atomic E-state index is 3.80. The molecule has 0 aromatic carbocycles. The number of nitrogens with zero attached hydrogens (tertiary/aromatic N) is 2. The van der Waals surface area contributed by atoms with Crippen molar-refractivity contribution in [3.05, 3.63) is 17.4 Å². The normalized spacial score (nSPS) is 9.57. The lowest BCUT2D eigenvalue weighted by atomic mass is 11.3. The fraction of sp³-hybridized carbons (Fsp3) is 0.500. The lowest BCUT2D eigenvalue weighted by molar-refractivity contribution is 0.725. The van der Waals surface area contributed by atoms with Gasteiger partial charge in [0.15, 0.2) is 0 Å². The molecule has 0 fully saturated rings. The van der Waals surface area contributed by atoms with Crippen LogP contribution in [0.25, 0.3) is 5.43 Å². The van der Waals surface area contributed by atoms with Crippen LogP contribution in [0.3, 0.4) is 0 Å². The Kier molecular flexibility index (Phi) is 4.18. The van der Waals surface area contributed by atoms with Crippen molar-refractivity contribution in [2.45, 2.75) is 0 Å². The summed E-state index contributed by atoms with van der Waals surface area (Å²) in [6.45, 7) is 3.51. The Morgan fingerprint density at radius 1 is 1.86 bits per heavy atom. The predicted octanol–water partition coefficient (Wildman–Crippen LogP) is 1.63. The fourth-order valence-corrected chi connectivity index (χ4v) is 0.465. The summed E-state index contributed by atoms with van der Waals surface area (Å²) in [7, 11) is 3.60. The molecule has 0 atom stereocenters. The Hall–Kier alpha value is 0.01000. The molecule has 0 rings (SSSR count). The van der Waals surface area contributed by atoms with E-state index in [9.17, 15) is 0 Å². The van der Waals surface area contributed by atoms with Gasteiger partial charge in [0.1, 0.15) is 0 Å². The summed E-state index contributed by atoms with van der Waals surface area (Å²) in [5.74, 6) is 0. The molecule has 0 radical (unpaired) electrons. The standard InChI is InChI=1S/C4H9N2S/c1-4-7-6(3)5-2/h4H,1H2,2-3H3/q-1. The van der Waals surface area contributed by atoms with Crippen molar-refractivity contribution in [1.82, 2.24) is 4.41 Å². The molecule has 0 amide bonds. The van der Waals surface area contributed by atoms with Gasteiger partial charge in [-0.15, -0.1) is 0 Å². The summed E-state index contributed by atoms with van der Waals surface area (Å²) in [4.78, 5) is 0. The summed E-state index contributed by atoms with van der Waals surface area (Å²) < 4.78 is 1.73. The Morgan fingerprint density at radius 3 is 2.57 bits per heavy atom. The molecule has 0 saturated carbocycles. The molecule has 0 aliphatic rings. The van der Waals surface area contributed by atoms with Crippen LogP contribution in [0.4, 0.5) is 0 Å². The lowest BCUT2D eigenvalue weighted by Gasteiger charge is -2.24. The van der Waals surface area contributed by atoms with Gasteiger partial charge in [0, 0.05) is 0 Å². The minimum absolute atomic E-state index is 1.46. The van der Waals surface area contributed by atoms with Gasteiger partial charge in [-0.05, 0) is 12.5 Å². The van der Waals surface area contributed by atoms with E-state index in [2.05, 4.69) is 12.0 Å². The molecule has 0 spiro atoms. The minimum Gasteiger partial charge on any atom is -0.587 e. The third-order valence-corrected chi connectivity index (χ3v) is 1.13. The van der Waals surface area contributed by atoms with Crippen LogP contribution < -0.4 is 0 Å². The van der Waals surface area contributed by atoms with Crippen LogP contribution in [0.1, 0.15) is 0 Å². The van der Waals surface area contributed by atoms with Gasteiger partial charge in [-0.2, -0.15) is 7.05 Å². The van der Waals surface area contributed by atoms with E-state index >= 15 is 0 Å². The van der Waals surface area contributed by atoms with Crippen LogP contribution in [-0.2, 0) is 0 Å². The largest absolute Gasteiger partial charge is 0.587 e. The maximum atomic E-state index is 3.80. The molecule has 0 N–H and O–H groups in total. The second-order valence-corrected chi connectivity index (χ2v) is 2.01. The molecule has 0 unspecified atom stereocenters. The minimum atomic E-state index is 1.46. The third kappa shape index (κ3) is 3.85. The highest BCUT2D eigenvalue weighted by Gasteiger charge is 1.71.